The second-order valence-corrected chi connectivity index (χ2v) is 4.63. The number of aromatic amines is 1. The molecule has 0 aliphatic carbocycles. The molecule has 0 saturated heterocycles. The van der Waals surface area contributed by atoms with Gasteiger partial charge in [-0.05, 0) is 24.3 Å². The highest BCUT2D eigenvalue weighted by Gasteiger charge is 2.03. The van der Waals surface area contributed by atoms with Gasteiger partial charge in [-0.1, -0.05) is 85.4 Å². The van der Waals surface area contributed by atoms with Gasteiger partial charge in [-0.3, -0.25) is 4.98 Å². The minimum Gasteiger partial charge on any atom is -0.333 e. The Labute approximate surface area is 158 Å². The van der Waals surface area contributed by atoms with Crippen molar-refractivity contribution in [2.75, 3.05) is 0 Å². The number of nitrogens with zero attached hydrogens (tertiary/aromatic N) is 2. The lowest BCUT2D eigenvalue weighted by Gasteiger charge is -1.96. The average molecular weight is 362 g/mol. The molecule has 4 heteroatoms. The number of nitrogens with one attached hydrogen (secondary N) is 1. The fourth-order valence-corrected chi connectivity index (χ4v) is 2.42. The third-order valence-electron chi connectivity index (χ3n) is 2.45. The molecule has 3 nitrogen and oxygen atoms in total. The molecule has 2 heterocycles. The van der Waals surface area contributed by atoms with Crippen molar-refractivity contribution in [2.24, 2.45) is 0 Å². The largest absolute Gasteiger partial charge is 0.333 e. The number of hydrogen-bond donors (Lipinski definition) is 1. The van der Waals surface area contributed by atoms with Crippen LogP contribution in [0.5, 0.6) is 0 Å². The van der Waals surface area contributed by atoms with Gasteiger partial charge in [0.05, 0.1) is 16.7 Å². The molecule has 0 spiro atoms. The van der Waals surface area contributed by atoms with Crippen molar-refractivity contribution in [2.45, 2.75) is 66.3 Å². The molecule has 25 heavy (non-hydrogen) atoms. The third-order valence-corrected chi connectivity index (χ3v) is 3.36. The smallest absolute Gasteiger partial charge is 0.166 e. The molecule has 0 aliphatic heterocycles. The Morgan fingerprint density at radius 1 is 0.800 bits per heavy atom. The van der Waals surface area contributed by atoms with E-state index in [1.165, 1.54) is 0 Å². The number of imidazole rings is 1. The van der Waals surface area contributed by atoms with Crippen LogP contribution < -0.4 is 0 Å². The average Bonchev–Trinajstić information content (AvgIpc) is 3.16. The predicted octanol–water partition coefficient (Wildman–Crippen LogP) is 7.36. The van der Waals surface area contributed by atoms with E-state index in [0.29, 0.717) is 0 Å². The van der Waals surface area contributed by atoms with Gasteiger partial charge < -0.3 is 4.98 Å². The van der Waals surface area contributed by atoms with E-state index < -0.39 is 0 Å². The van der Waals surface area contributed by atoms with Gasteiger partial charge in [-0.25, -0.2) is 4.98 Å². The van der Waals surface area contributed by atoms with Crippen LogP contribution in [0.2, 0.25) is 0 Å². The topological polar surface area (TPSA) is 41.6 Å². The molecule has 0 atom stereocenters. The van der Waals surface area contributed by atoms with Crippen LogP contribution in [0, 0.1) is 0 Å². The Morgan fingerprint density at radius 2 is 1.40 bits per heavy atom. The first kappa shape index (κ1) is 25.4. The number of aromatic nitrogens is 3. The van der Waals surface area contributed by atoms with Crippen molar-refractivity contribution in [1.82, 2.24) is 15.0 Å². The standard InChI is InChI=1S/C13H11N3S.4C2H6/c1-2-7-12-11(6-1)15-13(16-12)17-9-10-5-3-4-8-14-10;4*1-2/h1-8H,9H2,(H,15,16);4*1-2H3. The Morgan fingerprint density at radius 3 is 1.96 bits per heavy atom. The first-order valence-corrected chi connectivity index (χ1v) is 10.4. The van der Waals surface area contributed by atoms with Crippen molar-refractivity contribution in [3.63, 3.8) is 0 Å². The van der Waals surface area contributed by atoms with Crippen LogP contribution >= 0.6 is 11.8 Å². The summed E-state index contributed by atoms with van der Waals surface area (Å²) in [6.45, 7) is 16.0. The number of thioether (sulfide) groups is 1. The van der Waals surface area contributed by atoms with Gasteiger partial charge in [0.25, 0.3) is 0 Å². The maximum Gasteiger partial charge on any atom is 0.166 e. The summed E-state index contributed by atoms with van der Waals surface area (Å²) in [5, 5.41) is 0.942. The van der Waals surface area contributed by atoms with Crippen LogP contribution in [0.1, 0.15) is 61.1 Å². The Bertz CT molecular complexity index is 588. The highest BCUT2D eigenvalue weighted by atomic mass is 32.2. The van der Waals surface area contributed by atoms with Crippen molar-refractivity contribution < 1.29 is 0 Å². The summed E-state index contributed by atoms with van der Waals surface area (Å²) in [5.41, 5.74) is 3.16. The van der Waals surface area contributed by atoms with Gasteiger partial charge in [-0.2, -0.15) is 0 Å². The number of benzene rings is 1. The van der Waals surface area contributed by atoms with E-state index >= 15 is 0 Å². The first-order chi connectivity index (χ1) is 12.4. The summed E-state index contributed by atoms with van der Waals surface area (Å²) in [5.74, 6) is 0.834. The number of pyridine rings is 1. The minimum atomic E-state index is 0.834. The van der Waals surface area contributed by atoms with Crippen molar-refractivity contribution >= 4 is 22.8 Å². The molecule has 0 amide bonds. The zero-order chi connectivity index (χ0) is 19.5. The highest BCUT2D eigenvalue weighted by Crippen LogP contribution is 2.21. The molecular weight excluding hydrogens is 326 g/mol. The summed E-state index contributed by atoms with van der Waals surface area (Å²) < 4.78 is 0. The van der Waals surface area contributed by atoms with E-state index in [9.17, 15) is 0 Å². The molecule has 3 aromatic rings. The van der Waals surface area contributed by atoms with Crippen LogP contribution in [0.25, 0.3) is 11.0 Å². The molecule has 0 unspecified atom stereocenters. The fourth-order valence-electron chi connectivity index (χ4n) is 1.62. The second kappa shape index (κ2) is 18.5. The normalized spacial score (nSPS) is 8.32. The molecule has 0 bridgehead atoms. The zero-order valence-corrected chi connectivity index (χ0v) is 17.9. The monoisotopic (exact) mass is 361 g/mol. The number of fused-ring (bicyclic) bond motifs is 1. The van der Waals surface area contributed by atoms with Crippen LogP contribution in [0.15, 0.2) is 53.8 Å². The molecule has 1 N–H and O–H groups in total. The number of rotatable bonds is 3. The summed E-state index contributed by atoms with van der Waals surface area (Å²) in [6.07, 6.45) is 1.81. The minimum absolute atomic E-state index is 0.834. The van der Waals surface area contributed by atoms with Gasteiger partial charge in [-0.15, -0.1) is 0 Å². The first-order valence-electron chi connectivity index (χ1n) is 9.39. The van der Waals surface area contributed by atoms with Crippen molar-refractivity contribution in [3.8, 4) is 0 Å². The lowest BCUT2D eigenvalue weighted by atomic mass is 10.3. The molecule has 0 aliphatic rings. The van der Waals surface area contributed by atoms with Crippen LogP contribution in [0.4, 0.5) is 0 Å². The predicted molar refractivity (Wildman–Crippen MR) is 115 cm³/mol. The van der Waals surface area contributed by atoms with Crippen LogP contribution in [0.3, 0.4) is 0 Å². The van der Waals surface area contributed by atoms with E-state index in [0.717, 1.165) is 27.6 Å². The number of H-pyrrole nitrogens is 1. The van der Waals surface area contributed by atoms with Crippen LogP contribution in [-0.4, -0.2) is 15.0 Å². The highest BCUT2D eigenvalue weighted by molar-refractivity contribution is 7.98. The van der Waals surface area contributed by atoms with Crippen molar-refractivity contribution in [1.29, 1.82) is 0 Å². The molecular formula is C21H35N3S. The third kappa shape index (κ3) is 9.92. The molecule has 2 aromatic heterocycles. The number of hydrogen-bond acceptors (Lipinski definition) is 3. The second-order valence-electron chi connectivity index (χ2n) is 3.67. The summed E-state index contributed by atoms with van der Waals surface area (Å²) >= 11 is 1.67. The van der Waals surface area contributed by atoms with Crippen LogP contribution in [-0.2, 0) is 5.75 Å². The molecule has 0 saturated carbocycles. The van der Waals surface area contributed by atoms with Crippen molar-refractivity contribution in [3.05, 3.63) is 54.4 Å². The van der Waals surface area contributed by atoms with E-state index in [1.807, 2.05) is 104 Å². The lowest BCUT2D eigenvalue weighted by Crippen LogP contribution is -1.85. The fraction of sp³-hybridized carbons (Fsp3) is 0.429. The van der Waals surface area contributed by atoms with Gasteiger partial charge in [0.1, 0.15) is 0 Å². The zero-order valence-electron chi connectivity index (χ0n) is 17.1. The van der Waals surface area contributed by atoms with Gasteiger partial charge >= 0.3 is 0 Å². The molecule has 1 aromatic carbocycles. The molecule has 0 fully saturated rings. The maximum absolute atomic E-state index is 4.51. The number of para-hydroxylation sites is 2. The van der Waals surface area contributed by atoms with Gasteiger partial charge in [0.2, 0.25) is 0 Å². The van der Waals surface area contributed by atoms with Gasteiger partial charge in [0, 0.05) is 11.9 Å². The summed E-state index contributed by atoms with van der Waals surface area (Å²) in [6, 6.07) is 14.0. The molecule has 0 radical (unpaired) electrons. The lowest BCUT2D eigenvalue weighted by molar-refractivity contribution is 1.07. The van der Waals surface area contributed by atoms with E-state index in [-0.39, 0.29) is 0 Å². The molecule has 3 rings (SSSR count). The summed E-state index contributed by atoms with van der Waals surface area (Å²) in [7, 11) is 0. The Hall–Kier alpha value is -1.81. The Kier molecular flexibility index (Phi) is 18.8. The van der Waals surface area contributed by atoms with E-state index in [2.05, 4.69) is 15.0 Å². The maximum atomic E-state index is 4.51. The summed E-state index contributed by atoms with van der Waals surface area (Å²) in [4.78, 5) is 12.1. The SMILES string of the molecule is CC.CC.CC.CC.c1ccc(CSc2nc3ccccc3[nH]2)nc1. The Balaban J connectivity index is 0. The quantitative estimate of drug-likeness (QED) is 0.496. The van der Waals surface area contributed by atoms with E-state index in [1.54, 1.807) is 11.8 Å². The van der Waals surface area contributed by atoms with E-state index in [4.69, 9.17) is 0 Å². The molecule has 140 valence electrons. The van der Waals surface area contributed by atoms with Gasteiger partial charge in [0.15, 0.2) is 5.16 Å².